The van der Waals surface area contributed by atoms with Gasteiger partial charge in [0.05, 0.1) is 17.9 Å². The first kappa shape index (κ1) is 18.1. The van der Waals surface area contributed by atoms with E-state index in [-0.39, 0.29) is 12.5 Å². The number of rotatable bonds is 5. The molecule has 1 saturated carbocycles. The number of allylic oxidation sites excluding steroid dienone is 2. The third kappa shape index (κ3) is 3.46. The minimum atomic E-state index is -0.142. The lowest BCUT2D eigenvalue weighted by atomic mass is 9.95. The normalized spacial score (nSPS) is 25.3. The summed E-state index contributed by atoms with van der Waals surface area (Å²) in [7, 11) is 0. The van der Waals surface area contributed by atoms with Crippen molar-refractivity contribution in [2.75, 3.05) is 18.5 Å². The lowest BCUT2D eigenvalue weighted by Crippen LogP contribution is -2.25. The SMILES string of the molecule is C=CCN=c1scc(-c2ccc3c(c2)NC(=O)CO3)n1N=CC1CC2C=CC1C2. The maximum Gasteiger partial charge on any atom is 0.262 e. The number of hydrogen-bond donors (Lipinski definition) is 1. The van der Waals surface area contributed by atoms with E-state index in [1.807, 2.05) is 28.3 Å². The predicted molar refractivity (Wildman–Crippen MR) is 115 cm³/mol. The maximum absolute atomic E-state index is 11.7. The van der Waals surface area contributed by atoms with Crippen LogP contribution < -0.4 is 14.9 Å². The number of fused-ring (bicyclic) bond motifs is 3. The van der Waals surface area contributed by atoms with Gasteiger partial charge < -0.3 is 10.1 Å². The van der Waals surface area contributed by atoms with Gasteiger partial charge in [0.25, 0.3) is 5.91 Å². The van der Waals surface area contributed by atoms with Crippen molar-refractivity contribution in [2.45, 2.75) is 12.8 Å². The smallest absolute Gasteiger partial charge is 0.262 e. The van der Waals surface area contributed by atoms with E-state index in [1.54, 1.807) is 17.4 Å². The average molecular weight is 407 g/mol. The standard InChI is InChI=1S/C22H22N4O2S/c1-2-7-23-22-26(24-11-17-9-14-3-4-15(17)8-14)19(13-29-22)16-5-6-20-18(10-16)25-21(27)12-28-20/h2-6,10-11,13-15,17H,1,7-9,12H2,(H,25,27). The number of nitrogens with zero attached hydrogens (tertiary/aromatic N) is 3. The number of hydrogen-bond acceptors (Lipinski definition) is 5. The molecule has 3 atom stereocenters. The number of carbonyl (C=O) groups is 1. The van der Waals surface area contributed by atoms with Crippen LogP contribution in [0, 0.1) is 17.8 Å². The monoisotopic (exact) mass is 406 g/mol. The molecule has 6 nitrogen and oxygen atoms in total. The Morgan fingerprint density at radius 3 is 3.07 bits per heavy atom. The molecule has 1 aromatic carbocycles. The van der Waals surface area contributed by atoms with Crippen LogP contribution in [0.3, 0.4) is 0 Å². The number of ether oxygens (including phenoxy) is 1. The van der Waals surface area contributed by atoms with Crippen LogP contribution >= 0.6 is 11.3 Å². The van der Waals surface area contributed by atoms with E-state index < -0.39 is 0 Å². The largest absolute Gasteiger partial charge is 0.482 e. The van der Waals surface area contributed by atoms with Gasteiger partial charge in [0.1, 0.15) is 5.75 Å². The van der Waals surface area contributed by atoms with E-state index >= 15 is 0 Å². The zero-order valence-corrected chi connectivity index (χ0v) is 16.8. The molecule has 1 aromatic heterocycles. The number of aromatic nitrogens is 1. The molecule has 0 radical (unpaired) electrons. The molecule has 1 amide bonds. The number of anilines is 1. The Bertz CT molecular complexity index is 1090. The Balaban J connectivity index is 1.52. The van der Waals surface area contributed by atoms with Gasteiger partial charge in [-0.25, -0.2) is 4.68 Å². The van der Waals surface area contributed by atoms with E-state index in [0.29, 0.717) is 35.7 Å². The number of amides is 1. The van der Waals surface area contributed by atoms with Gasteiger partial charge >= 0.3 is 0 Å². The highest BCUT2D eigenvalue weighted by Gasteiger charge is 2.34. The number of nitrogens with one attached hydrogen (secondary N) is 1. The van der Waals surface area contributed by atoms with Gasteiger partial charge in [-0.15, -0.1) is 17.9 Å². The lowest BCUT2D eigenvalue weighted by molar-refractivity contribution is -0.118. The first-order valence-corrected chi connectivity index (χ1v) is 10.7. The molecule has 3 aliphatic rings. The summed E-state index contributed by atoms with van der Waals surface area (Å²) < 4.78 is 7.38. The summed E-state index contributed by atoms with van der Waals surface area (Å²) in [6.45, 7) is 4.36. The number of thiazole rings is 1. The molecule has 2 aliphatic carbocycles. The first-order chi connectivity index (χ1) is 14.2. The average Bonchev–Trinajstić information content (AvgIpc) is 3.45. The van der Waals surface area contributed by atoms with Gasteiger partial charge in [0.2, 0.25) is 4.80 Å². The molecule has 1 N–H and O–H groups in total. The second-order valence-electron chi connectivity index (χ2n) is 7.60. The zero-order valence-electron chi connectivity index (χ0n) is 16.0. The van der Waals surface area contributed by atoms with Crippen molar-refractivity contribution >= 4 is 29.1 Å². The van der Waals surface area contributed by atoms with Gasteiger partial charge in [-0.3, -0.25) is 9.79 Å². The summed E-state index contributed by atoms with van der Waals surface area (Å²) in [4.78, 5) is 17.1. The lowest BCUT2D eigenvalue weighted by Gasteiger charge is -2.18. The minimum absolute atomic E-state index is 0.0532. The van der Waals surface area contributed by atoms with Gasteiger partial charge in [0, 0.05) is 23.1 Å². The molecule has 2 heterocycles. The van der Waals surface area contributed by atoms with Gasteiger partial charge in [-0.2, -0.15) is 5.10 Å². The number of carbonyl (C=O) groups excluding carboxylic acids is 1. The van der Waals surface area contributed by atoms with Gasteiger partial charge in [-0.1, -0.05) is 18.2 Å². The Kier molecular flexibility index (Phi) is 4.67. The molecular weight excluding hydrogens is 384 g/mol. The second-order valence-corrected chi connectivity index (χ2v) is 8.44. The Labute approximate surface area is 172 Å². The summed E-state index contributed by atoms with van der Waals surface area (Å²) in [5, 5.41) is 9.77. The molecule has 29 heavy (non-hydrogen) atoms. The fraction of sp³-hybridized carbons (Fsp3) is 0.318. The molecule has 3 unspecified atom stereocenters. The Hall–Kier alpha value is -2.93. The summed E-state index contributed by atoms with van der Waals surface area (Å²) >= 11 is 1.55. The molecular formula is C22H22N4O2S. The molecule has 1 fully saturated rings. The van der Waals surface area contributed by atoms with Crippen molar-refractivity contribution in [3.8, 4) is 17.0 Å². The van der Waals surface area contributed by atoms with E-state index in [2.05, 4.69) is 35.3 Å². The highest BCUT2D eigenvalue weighted by molar-refractivity contribution is 7.07. The maximum atomic E-state index is 11.7. The van der Waals surface area contributed by atoms with Gasteiger partial charge in [-0.05, 0) is 42.9 Å². The molecule has 7 heteroatoms. The number of benzene rings is 1. The van der Waals surface area contributed by atoms with Crippen molar-refractivity contribution in [3.05, 3.63) is 53.2 Å². The molecule has 0 spiro atoms. The highest BCUT2D eigenvalue weighted by atomic mass is 32.1. The van der Waals surface area contributed by atoms with Crippen LogP contribution in [0.25, 0.3) is 11.3 Å². The fourth-order valence-electron chi connectivity index (χ4n) is 4.25. The van der Waals surface area contributed by atoms with E-state index in [4.69, 9.17) is 9.84 Å². The van der Waals surface area contributed by atoms with Crippen molar-refractivity contribution in [1.29, 1.82) is 0 Å². The molecule has 2 bridgehead atoms. The summed E-state index contributed by atoms with van der Waals surface area (Å²) in [6, 6.07) is 5.80. The minimum Gasteiger partial charge on any atom is -0.482 e. The molecule has 2 aromatic rings. The third-order valence-electron chi connectivity index (χ3n) is 5.65. The van der Waals surface area contributed by atoms with Crippen molar-refractivity contribution < 1.29 is 9.53 Å². The topological polar surface area (TPSA) is 68.0 Å². The Morgan fingerprint density at radius 2 is 2.28 bits per heavy atom. The van der Waals surface area contributed by atoms with Crippen LogP contribution in [0.4, 0.5) is 5.69 Å². The van der Waals surface area contributed by atoms with Crippen LogP contribution in [0.1, 0.15) is 12.8 Å². The van der Waals surface area contributed by atoms with Crippen LogP contribution in [-0.4, -0.2) is 29.9 Å². The predicted octanol–water partition coefficient (Wildman–Crippen LogP) is 3.68. The Morgan fingerprint density at radius 1 is 1.34 bits per heavy atom. The molecule has 1 aliphatic heterocycles. The summed E-state index contributed by atoms with van der Waals surface area (Å²) in [5.41, 5.74) is 2.58. The second kappa shape index (κ2) is 7.48. The van der Waals surface area contributed by atoms with Crippen LogP contribution in [0.2, 0.25) is 0 Å². The molecule has 0 saturated heterocycles. The van der Waals surface area contributed by atoms with Crippen molar-refractivity contribution in [2.24, 2.45) is 27.8 Å². The van der Waals surface area contributed by atoms with E-state index in [1.165, 1.54) is 12.8 Å². The van der Waals surface area contributed by atoms with Crippen LogP contribution in [-0.2, 0) is 4.79 Å². The first-order valence-electron chi connectivity index (χ1n) is 9.83. The van der Waals surface area contributed by atoms with Crippen LogP contribution in [0.5, 0.6) is 5.75 Å². The van der Waals surface area contributed by atoms with E-state index in [9.17, 15) is 4.79 Å². The highest BCUT2D eigenvalue weighted by Crippen LogP contribution is 2.42. The summed E-state index contributed by atoms with van der Waals surface area (Å²) in [6.07, 6.45) is 11.0. The third-order valence-corrected chi connectivity index (χ3v) is 6.51. The van der Waals surface area contributed by atoms with Crippen molar-refractivity contribution in [3.63, 3.8) is 0 Å². The molecule has 5 rings (SSSR count). The summed E-state index contributed by atoms with van der Waals surface area (Å²) in [5.74, 6) is 2.34. The van der Waals surface area contributed by atoms with Gasteiger partial charge in [0.15, 0.2) is 6.61 Å². The zero-order chi connectivity index (χ0) is 19.8. The fourth-order valence-corrected chi connectivity index (χ4v) is 5.10. The van der Waals surface area contributed by atoms with Crippen molar-refractivity contribution in [1.82, 2.24) is 4.68 Å². The molecule has 148 valence electrons. The van der Waals surface area contributed by atoms with Crippen LogP contribution in [0.15, 0.2) is 58.5 Å². The van der Waals surface area contributed by atoms with E-state index in [0.717, 1.165) is 16.1 Å². The quantitative estimate of drug-likeness (QED) is 0.608.